The van der Waals surface area contributed by atoms with Crippen LogP contribution in [0.5, 0.6) is 5.75 Å². The number of esters is 1. The van der Waals surface area contributed by atoms with Crippen molar-refractivity contribution in [3.63, 3.8) is 0 Å². The molecule has 2 aliphatic rings. The van der Waals surface area contributed by atoms with E-state index in [1.165, 1.54) is 34.5 Å². The summed E-state index contributed by atoms with van der Waals surface area (Å²) in [6.07, 6.45) is 0. The second-order valence-electron chi connectivity index (χ2n) is 8.86. The van der Waals surface area contributed by atoms with Gasteiger partial charge < -0.3 is 19.3 Å². The zero-order valence-electron chi connectivity index (χ0n) is 21.4. The fraction of sp³-hybridized carbons (Fsp3) is 0.214. The van der Waals surface area contributed by atoms with Gasteiger partial charge in [-0.15, -0.1) is 23.5 Å². The Hall–Kier alpha value is -4.16. The summed E-state index contributed by atoms with van der Waals surface area (Å²) < 4.78 is 15.9. The van der Waals surface area contributed by atoms with Gasteiger partial charge >= 0.3 is 5.97 Å². The molecule has 10 nitrogen and oxygen atoms in total. The minimum Gasteiger partial charge on any atom is -0.497 e. The molecule has 2 atom stereocenters. The minimum atomic E-state index is -0.793. The van der Waals surface area contributed by atoms with E-state index in [0.717, 1.165) is 10.5 Å². The van der Waals surface area contributed by atoms with Gasteiger partial charge in [-0.25, -0.2) is 4.79 Å². The Bertz CT molecular complexity index is 1530. The zero-order chi connectivity index (χ0) is 28.2. The minimum absolute atomic E-state index is 0.0141. The van der Waals surface area contributed by atoms with Gasteiger partial charge in [-0.3, -0.25) is 19.3 Å². The van der Waals surface area contributed by atoms with Crippen LogP contribution in [-0.4, -0.2) is 57.9 Å². The van der Waals surface area contributed by atoms with Crippen molar-refractivity contribution in [1.29, 1.82) is 0 Å². The Labute approximate surface area is 237 Å². The van der Waals surface area contributed by atoms with E-state index in [1.807, 2.05) is 30.3 Å². The number of aromatic nitrogens is 1. The van der Waals surface area contributed by atoms with E-state index in [-0.39, 0.29) is 41.1 Å². The standard InChI is InChI=1S/C28H25N3O7S2/c1-16(21-12-22(32)30-38-21)20-14-40-27-24(29-23(33)15-39-19-6-4-3-5-7-19)26(34)31(27)25(20)28(35)37-13-17-8-10-18(36-2)11-9-17/h3-12,24,27H,1,13-15H2,2H3,(H,29,33)(H,30,32)/t24-,27-/m1/s1. The predicted octanol–water partition coefficient (Wildman–Crippen LogP) is 3.18. The molecule has 1 aromatic heterocycles. The van der Waals surface area contributed by atoms with Crippen molar-refractivity contribution in [2.24, 2.45) is 0 Å². The molecule has 40 heavy (non-hydrogen) atoms. The van der Waals surface area contributed by atoms with E-state index in [4.69, 9.17) is 14.0 Å². The molecular formula is C28H25N3O7S2. The largest absolute Gasteiger partial charge is 0.497 e. The van der Waals surface area contributed by atoms with Gasteiger partial charge in [-0.2, -0.15) is 5.16 Å². The van der Waals surface area contributed by atoms with E-state index in [1.54, 1.807) is 31.4 Å². The lowest BCUT2D eigenvalue weighted by atomic mass is 9.98. The summed E-state index contributed by atoms with van der Waals surface area (Å²) in [5.41, 5.74) is 0.962. The van der Waals surface area contributed by atoms with Crippen LogP contribution in [0.2, 0.25) is 0 Å². The average molecular weight is 580 g/mol. The Morgan fingerprint density at radius 1 is 1.18 bits per heavy atom. The van der Waals surface area contributed by atoms with Crippen molar-refractivity contribution in [2.75, 3.05) is 18.6 Å². The zero-order valence-corrected chi connectivity index (χ0v) is 23.0. The van der Waals surface area contributed by atoms with Crippen molar-refractivity contribution in [3.8, 4) is 5.75 Å². The topological polar surface area (TPSA) is 131 Å². The number of ether oxygens (including phenoxy) is 2. The fourth-order valence-electron chi connectivity index (χ4n) is 4.24. The van der Waals surface area contributed by atoms with Crippen molar-refractivity contribution in [3.05, 3.63) is 100 Å². The SMILES string of the molecule is C=C(C1=C(C(=O)OCc2ccc(OC)cc2)N2C(=O)[C@@H](NC(=O)CSc3ccccc3)[C@H]2SC1)c1cc(=O)[nH]o1. The summed E-state index contributed by atoms with van der Waals surface area (Å²) in [7, 11) is 1.56. The molecule has 0 unspecified atom stereocenters. The fourth-order valence-corrected chi connectivity index (χ4v) is 6.35. The molecule has 2 aromatic carbocycles. The lowest BCUT2D eigenvalue weighted by Gasteiger charge is -2.49. The highest BCUT2D eigenvalue weighted by atomic mass is 32.2. The molecule has 0 spiro atoms. The third-order valence-corrected chi connectivity index (χ3v) is 8.60. The number of methoxy groups -OCH3 is 1. The van der Waals surface area contributed by atoms with Crippen LogP contribution in [0.3, 0.4) is 0 Å². The number of rotatable bonds is 10. The number of benzene rings is 2. The van der Waals surface area contributed by atoms with Gasteiger partial charge in [-0.1, -0.05) is 36.9 Å². The summed E-state index contributed by atoms with van der Waals surface area (Å²) in [5, 5.41) is 4.50. The first-order chi connectivity index (χ1) is 19.4. The molecule has 1 saturated heterocycles. The lowest BCUT2D eigenvalue weighted by Crippen LogP contribution is -2.70. The molecule has 206 valence electrons. The highest BCUT2D eigenvalue weighted by Crippen LogP contribution is 2.44. The van der Waals surface area contributed by atoms with Crippen LogP contribution in [0.25, 0.3) is 5.57 Å². The highest BCUT2D eigenvalue weighted by Gasteiger charge is 2.54. The first-order valence-electron chi connectivity index (χ1n) is 12.2. The van der Waals surface area contributed by atoms with Crippen molar-refractivity contribution in [1.82, 2.24) is 15.4 Å². The summed E-state index contributed by atoms with van der Waals surface area (Å²) in [6.45, 7) is 3.97. The molecule has 2 aliphatic heterocycles. The van der Waals surface area contributed by atoms with Crippen LogP contribution in [0.4, 0.5) is 0 Å². The number of carbonyl (C=O) groups is 3. The van der Waals surface area contributed by atoms with E-state index in [0.29, 0.717) is 11.3 Å². The molecule has 2 N–H and O–H groups in total. The molecule has 0 aliphatic carbocycles. The normalized spacial score (nSPS) is 18.0. The molecule has 3 heterocycles. The van der Waals surface area contributed by atoms with Gasteiger partial charge in [0.15, 0.2) is 5.76 Å². The molecular weight excluding hydrogens is 554 g/mol. The first-order valence-corrected chi connectivity index (χ1v) is 14.2. The van der Waals surface area contributed by atoms with Crippen LogP contribution in [0.1, 0.15) is 11.3 Å². The average Bonchev–Trinajstić information content (AvgIpc) is 3.43. The number of hydrogen-bond donors (Lipinski definition) is 2. The molecule has 0 saturated carbocycles. The van der Waals surface area contributed by atoms with Crippen molar-refractivity contribution < 1.29 is 28.4 Å². The maximum absolute atomic E-state index is 13.4. The maximum atomic E-state index is 13.4. The Balaban J connectivity index is 1.33. The monoisotopic (exact) mass is 579 g/mol. The summed E-state index contributed by atoms with van der Waals surface area (Å²) in [6, 6.07) is 16.9. The Kier molecular flexibility index (Phi) is 8.17. The summed E-state index contributed by atoms with van der Waals surface area (Å²) >= 11 is 2.74. The number of nitrogens with zero attached hydrogens (tertiary/aromatic N) is 1. The number of thioether (sulfide) groups is 2. The van der Waals surface area contributed by atoms with Crippen LogP contribution in [0.15, 0.2) is 92.7 Å². The molecule has 0 radical (unpaired) electrons. The Morgan fingerprint density at radius 3 is 2.60 bits per heavy atom. The van der Waals surface area contributed by atoms with Gasteiger partial charge in [0.1, 0.15) is 29.5 Å². The number of fused-ring (bicyclic) bond motifs is 1. The number of H-pyrrole nitrogens is 1. The second-order valence-corrected chi connectivity index (χ2v) is 11.0. The number of β-lactam (4-membered cyclic amide) rings is 1. The van der Waals surface area contributed by atoms with Crippen LogP contribution < -0.4 is 15.6 Å². The van der Waals surface area contributed by atoms with Gasteiger partial charge in [0, 0.05) is 21.8 Å². The summed E-state index contributed by atoms with van der Waals surface area (Å²) in [4.78, 5) is 53.3. The van der Waals surface area contributed by atoms with Gasteiger partial charge in [0.2, 0.25) is 5.91 Å². The molecule has 0 bridgehead atoms. The maximum Gasteiger partial charge on any atom is 0.355 e. The molecule has 12 heteroatoms. The lowest BCUT2D eigenvalue weighted by molar-refractivity contribution is -0.153. The van der Waals surface area contributed by atoms with E-state index in [2.05, 4.69) is 17.1 Å². The molecule has 5 rings (SSSR count). The van der Waals surface area contributed by atoms with Crippen LogP contribution in [0, 0.1) is 0 Å². The third kappa shape index (κ3) is 5.73. The number of allylic oxidation sites excluding steroid dienone is 1. The van der Waals surface area contributed by atoms with Gasteiger partial charge in [0.25, 0.3) is 11.5 Å². The number of carbonyl (C=O) groups excluding carboxylic acids is 3. The van der Waals surface area contributed by atoms with Crippen molar-refractivity contribution in [2.45, 2.75) is 22.9 Å². The van der Waals surface area contributed by atoms with Crippen LogP contribution >= 0.6 is 23.5 Å². The quantitative estimate of drug-likeness (QED) is 0.211. The number of amides is 2. The smallest absolute Gasteiger partial charge is 0.355 e. The number of hydrogen-bond acceptors (Lipinski definition) is 9. The predicted molar refractivity (Wildman–Crippen MR) is 150 cm³/mol. The Morgan fingerprint density at radius 2 is 1.93 bits per heavy atom. The molecule has 1 fully saturated rings. The molecule has 3 aromatic rings. The third-order valence-electron chi connectivity index (χ3n) is 6.31. The van der Waals surface area contributed by atoms with E-state index < -0.39 is 28.9 Å². The summed E-state index contributed by atoms with van der Waals surface area (Å²) in [5.74, 6) is -0.218. The number of nitrogens with one attached hydrogen (secondary N) is 2. The van der Waals surface area contributed by atoms with Crippen LogP contribution in [-0.2, 0) is 25.7 Å². The van der Waals surface area contributed by atoms with Crippen molar-refractivity contribution >= 4 is 46.9 Å². The highest BCUT2D eigenvalue weighted by molar-refractivity contribution is 8.00. The molecule has 2 amide bonds. The van der Waals surface area contributed by atoms with Gasteiger partial charge in [-0.05, 0) is 29.8 Å². The number of aromatic amines is 1. The van der Waals surface area contributed by atoms with Gasteiger partial charge in [0.05, 0.1) is 18.9 Å². The first kappa shape index (κ1) is 27.4. The van der Waals surface area contributed by atoms with E-state index >= 15 is 0 Å². The van der Waals surface area contributed by atoms with E-state index in [9.17, 15) is 19.2 Å². The second kappa shape index (κ2) is 11.9.